The van der Waals surface area contributed by atoms with E-state index in [1.807, 2.05) is 41.8 Å². The molecule has 29 heavy (non-hydrogen) atoms. The van der Waals surface area contributed by atoms with Crippen LogP contribution in [0.1, 0.15) is 18.9 Å². The molecule has 0 saturated carbocycles. The quantitative estimate of drug-likeness (QED) is 0.489. The molecule has 7 heteroatoms. The maximum Gasteiger partial charge on any atom is 0.337 e. The molecule has 4 rings (SSSR count). The molecule has 2 aromatic heterocycles. The molecule has 2 heterocycles. The highest BCUT2D eigenvalue weighted by atomic mass is 35.5. The van der Waals surface area contributed by atoms with E-state index in [1.54, 1.807) is 30.6 Å². The van der Waals surface area contributed by atoms with Crippen LogP contribution in [0.15, 0.2) is 70.5 Å². The highest BCUT2D eigenvalue weighted by molar-refractivity contribution is 6.30. The van der Waals surface area contributed by atoms with Gasteiger partial charge in [0.2, 0.25) is 0 Å². The summed E-state index contributed by atoms with van der Waals surface area (Å²) in [6.45, 7) is 2.99. The minimum Gasteiger partial charge on any atom is -0.325 e. The van der Waals surface area contributed by atoms with Crippen LogP contribution in [0.2, 0.25) is 5.02 Å². The number of benzene rings is 2. The van der Waals surface area contributed by atoms with Crippen molar-refractivity contribution in [2.75, 3.05) is 0 Å². The molecule has 0 atom stereocenters. The molecule has 0 N–H and O–H groups in total. The van der Waals surface area contributed by atoms with Gasteiger partial charge in [0.25, 0.3) is 5.56 Å². The predicted octanol–water partition coefficient (Wildman–Crippen LogP) is 3.66. The third kappa shape index (κ3) is 3.63. The first-order valence-electron chi connectivity index (χ1n) is 9.60. The molecule has 0 bridgehead atoms. The Kier molecular flexibility index (Phi) is 5.36. The van der Waals surface area contributed by atoms with E-state index >= 15 is 0 Å². The monoisotopic (exact) mass is 408 g/mol. The van der Waals surface area contributed by atoms with Crippen LogP contribution in [0.3, 0.4) is 0 Å². The molecular formula is C22H21ClN4O2. The highest BCUT2D eigenvalue weighted by Crippen LogP contribution is 2.16. The van der Waals surface area contributed by atoms with Crippen LogP contribution >= 0.6 is 11.6 Å². The standard InChI is InChI=1S/C22H21ClN4O2/c1-2-13-25-15-24-20-19(25)21(28)26(14-12-16-6-4-3-5-7-16)22(29)27(20)18-10-8-17(23)9-11-18/h3-11,15H,2,12-14H2,1H3. The van der Waals surface area contributed by atoms with Crippen molar-refractivity contribution in [1.82, 2.24) is 18.7 Å². The molecule has 0 saturated heterocycles. The van der Waals surface area contributed by atoms with Gasteiger partial charge in [0.05, 0.1) is 12.0 Å². The van der Waals surface area contributed by atoms with Gasteiger partial charge in [-0.05, 0) is 42.7 Å². The zero-order valence-electron chi connectivity index (χ0n) is 16.1. The van der Waals surface area contributed by atoms with Gasteiger partial charge in [0.15, 0.2) is 11.2 Å². The Morgan fingerprint density at radius 1 is 0.966 bits per heavy atom. The molecule has 4 aromatic rings. The molecule has 148 valence electrons. The van der Waals surface area contributed by atoms with Gasteiger partial charge in [-0.3, -0.25) is 9.36 Å². The molecule has 0 aliphatic rings. The summed E-state index contributed by atoms with van der Waals surface area (Å²) < 4.78 is 4.62. The lowest BCUT2D eigenvalue weighted by Gasteiger charge is -2.13. The topological polar surface area (TPSA) is 61.8 Å². The molecular weight excluding hydrogens is 388 g/mol. The van der Waals surface area contributed by atoms with Crippen LogP contribution in [0.5, 0.6) is 0 Å². The van der Waals surface area contributed by atoms with Crippen molar-refractivity contribution < 1.29 is 0 Å². The van der Waals surface area contributed by atoms with Gasteiger partial charge in [0.1, 0.15) is 0 Å². The maximum atomic E-state index is 13.3. The van der Waals surface area contributed by atoms with Crippen molar-refractivity contribution in [3.63, 3.8) is 0 Å². The van der Waals surface area contributed by atoms with Gasteiger partial charge in [-0.2, -0.15) is 0 Å². The van der Waals surface area contributed by atoms with Gasteiger partial charge in [-0.15, -0.1) is 0 Å². The van der Waals surface area contributed by atoms with Crippen LogP contribution in [0, 0.1) is 0 Å². The zero-order chi connectivity index (χ0) is 20.4. The minimum atomic E-state index is -0.400. The molecule has 6 nitrogen and oxygen atoms in total. The summed E-state index contributed by atoms with van der Waals surface area (Å²) in [5.74, 6) is 0. The van der Waals surface area contributed by atoms with E-state index in [2.05, 4.69) is 4.98 Å². The summed E-state index contributed by atoms with van der Waals surface area (Å²) in [4.78, 5) is 31.0. The Labute approximate surface area is 172 Å². The Balaban J connectivity index is 1.92. The van der Waals surface area contributed by atoms with Crippen molar-refractivity contribution in [3.8, 4) is 5.69 Å². The van der Waals surface area contributed by atoms with Gasteiger partial charge in [0, 0.05) is 18.1 Å². The molecule has 0 unspecified atom stereocenters. The first-order chi connectivity index (χ1) is 14.1. The zero-order valence-corrected chi connectivity index (χ0v) is 16.8. The maximum absolute atomic E-state index is 13.3. The summed E-state index contributed by atoms with van der Waals surface area (Å²) in [7, 11) is 0. The van der Waals surface area contributed by atoms with Crippen LogP contribution in [-0.4, -0.2) is 18.7 Å². The second kappa shape index (κ2) is 8.09. The first kappa shape index (κ1) is 19.2. The van der Waals surface area contributed by atoms with Gasteiger partial charge in [-0.25, -0.2) is 14.3 Å². The molecule has 0 aliphatic carbocycles. The predicted molar refractivity (Wildman–Crippen MR) is 115 cm³/mol. The van der Waals surface area contributed by atoms with Crippen LogP contribution in [0.25, 0.3) is 16.9 Å². The van der Waals surface area contributed by atoms with Crippen molar-refractivity contribution in [3.05, 3.63) is 92.3 Å². The number of hydrogen-bond donors (Lipinski definition) is 0. The summed E-state index contributed by atoms with van der Waals surface area (Å²) in [5, 5.41) is 0.576. The number of hydrogen-bond acceptors (Lipinski definition) is 3. The molecule has 0 fully saturated rings. The molecule has 0 radical (unpaired) electrons. The fraction of sp³-hybridized carbons (Fsp3) is 0.227. The van der Waals surface area contributed by atoms with Gasteiger partial charge >= 0.3 is 5.69 Å². The first-order valence-corrected chi connectivity index (χ1v) is 9.98. The number of halogens is 1. The molecule has 0 amide bonds. The smallest absolute Gasteiger partial charge is 0.325 e. The summed E-state index contributed by atoms with van der Waals surface area (Å²) in [6, 6.07) is 16.8. The Morgan fingerprint density at radius 3 is 2.38 bits per heavy atom. The lowest BCUT2D eigenvalue weighted by molar-refractivity contribution is 0.612. The molecule has 0 aliphatic heterocycles. The van der Waals surface area contributed by atoms with E-state index in [9.17, 15) is 9.59 Å². The summed E-state index contributed by atoms with van der Waals surface area (Å²) in [6.07, 6.45) is 3.07. The Morgan fingerprint density at radius 2 is 1.69 bits per heavy atom. The SMILES string of the molecule is CCCn1cnc2c1c(=O)n(CCc1ccccc1)c(=O)n2-c1ccc(Cl)cc1. The van der Waals surface area contributed by atoms with Crippen molar-refractivity contribution in [2.45, 2.75) is 32.9 Å². The largest absolute Gasteiger partial charge is 0.337 e. The molecule has 2 aromatic carbocycles. The third-order valence-electron chi connectivity index (χ3n) is 4.92. The van der Waals surface area contributed by atoms with Crippen LogP contribution in [0.4, 0.5) is 0 Å². The second-order valence-corrected chi connectivity index (χ2v) is 7.33. The number of aromatic nitrogens is 4. The lowest BCUT2D eigenvalue weighted by atomic mass is 10.1. The van der Waals surface area contributed by atoms with E-state index < -0.39 is 5.69 Å². The lowest BCUT2D eigenvalue weighted by Crippen LogP contribution is -2.40. The fourth-order valence-corrected chi connectivity index (χ4v) is 3.62. The van der Waals surface area contributed by atoms with Crippen molar-refractivity contribution >= 4 is 22.8 Å². The van der Waals surface area contributed by atoms with Crippen molar-refractivity contribution in [2.24, 2.45) is 0 Å². The van der Waals surface area contributed by atoms with Gasteiger partial charge in [-0.1, -0.05) is 48.9 Å². The van der Waals surface area contributed by atoms with Crippen LogP contribution < -0.4 is 11.2 Å². The Bertz CT molecular complexity index is 1250. The number of nitrogens with zero attached hydrogens (tertiary/aromatic N) is 4. The van der Waals surface area contributed by atoms with Crippen LogP contribution in [-0.2, 0) is 19.5 Å². The highest BCUT2D eigenvalue weighted by Gasteiger charge is 2.19. The average Bonchev–Trinajstić information content (AvgIpc) is 3.14. The van der Waals surface area contributed by atoms with Crippen molar-refractivity contribution in [1.29, 1.82) is 0 Å². The average molecular weight is 409 g/mol. The second-order valence-electron chi connectivity index (χ2n) is 6.90. The van der Waals surface area contributed by atoms with E-state index in [1.165, 1.54) is 9.13 Å². The minimum absolute atomic E-state index is 0.294. The Hall–Kier alpha value is -3.12. The summed E-state index contributed by atoms with van der Waals surface area (Å²) >= 11 is 6.01. The number of rotatable bonds is 6. The third-order valence-corrected chi connectivity index (χ3v) is 5.17. The van der Waals surface area contributed by atoms with E-state index in [-0.39, 0.29) is 5.56 Å². The van der Waals surface area contributed by atoms with E-state index in [0.29, 0.717) is 41.4 Å². The van der Waals surface area contributed by atoms with Gasteiger partial charge < -0.3 is 4.57 Å². The number of aryl methyl sites for hydroxylation is 2. The fourth-order valence-electron chi connectivity index (χ4n) is 3.50. The van der Waals surface area contributed by atoms with E-state index in [0.717, 1.165) is 12.0 Å². The number of fused-ring (bicyclic) bond motifs is 1. The van der Waals surface area contributed by atoms with E-state index in [4.69, 9.17) is 11.6 Å². The summed E-state index contributed by atoms with van der Waals surface area (Å²) in [5.41, 5.74) is 1.79. The molecule has 0 spiro atoms. The number of imidazole rings is 1. The normalized spacial score (nSPS) is 11.2.